The second-order valence-electron chi connectivity index (χ2n) is 2.72. The Bertz CT molecular complexity index is 294. The molecular formula is C9H14N2O4. The Labute approximate surface area is 87.3 Å². The highest BCUT2D eigenvalue weighted by atomic mass is 16.4. The zero-order valence-electron chi connectivity index (χ0n) is 8.42. The minimum Gasteiger partial charge on any atom is -0.511 e. The lowest BCUT2D eigenvalue weighted by atomic mass is 10.3. The maximum absolute atomic E-state index is 10.1. The van der Waals surface area contributed by atoms with Crippen LogP contribution in [-0.4, -0.2) is 21.3 Å². The Hall–Kier alpha value is -1.85. The zero-order chi connectivity index (χ0) is 11.7. The third kappa shape index (κ3) is 8.48. The molecule has 0 aromatic heterocycles. The van der Waals surface area contributed by atoms with Gasteiger partial charge in [-0.2, -0.15) is 10.2 Å². The summed E-state index contributed by atoms with van der Waals surface area (Å²) in [5, 5.41) is 33.2. The van der Waals surface area contributed by atoms with E-state index < -0.39 is 5.97 Å². The lowest BCUT2D eigenvalue weighted by Crippen LogP contribution is -1.94. The number of aliphatic hydroxyl groups excluding tert-OH is 2. The minimum atomic E-state index is -0.990. The molecule has 0 bridgehead atoms. The van der Waals surface area contributed by atoms with E-state index >= 15 is 0 Å². The van der Waals surface area contributed by atoms with Gasteiger partial charge < -0.3 is 15.3 Å². The molecule has 0 aliphatic heterocycles. The molecule has 0 saturated carbocycles. The summed E-state index contributed by atoms with van der Waals surface area (Å²) < 4.78 is 0. The summed E-state index contributed by atoms with van der Waals surface area (Å²) >= 11 is 0. The zero-order valence-corrected chi connectivity index (χ0v) is 8.42. The quantitative estimate of drug-likeness (QED) is 0.466. The first-order valence-corrected chi connectivity index (χ1v) is 4.44. The monoisotopic (exact) mass is 214 g/mol. The van der Waals surface area contributed by atoms with E-state index in [9.17, 15) is 4.79 Å². The van der Waals surface area contributed by atoms with E-state index in [4.69, 9.17) is 15.3 Å². The SMILES string of the molecule is CCC(O)=CN=NC=C(O)CCC(=O)O. The number of carboxylic acid groups (broad SMARTS) is 1. The lowest BCUT2D eigenvalue weighted by molar-refractivity contribution is -0.137. The number of allylic oxidation sites excluding steroid dienone is 2. The van der Waals surface area contributed by atoms with Crippen molar-refractivity contribution in [3.63, 3.8) is 0 Å². The Kier molecular flexibility index (Phi) is 6.61. The summed E-state index contributed by atoms with van der Waals surface area (Å²) in [6, 6.07) is 0. The number of nitrogens with zero attached hydrogens (tertiary/aromatic N) is 2. The molecule has 0 rings (SSSR count). The molecule has 3 N–H and O–H groups in total. The molecular weight excluding hydrogens is 200 g/mol. The second kappa shape index (κ2) is 7.54. The molecule has 0 aromatic carbocycles. The number of aliphatic hydroxyl groups is 2. The van der Waals surface area contributed by atoms with Gasteiger partial charge in [0.25, 0.3) is 0 Å². The lowest BCUT2D eigenvalue weighted by Gasteiger charge is -1.93. The van der Waals surface area contributed by atoms with E-state index in [1.54, 1.807) is 6.92 Å². The van der Waals surface area contributed by atoms with Crippen molar-refractivity contribution in [1.29, 1.82) is 0 Å². The van der Waals surface area contributed by atoms with Gasteiger partial charge in [-0.15, -0.1) is 0 Å². The Morgan fingerprint density at radius 3 is 2.07 bits per heavy atom. The largest absolute Gasteiger partial charge is 0.511 e. The maximum Gasteiger partial charge on any atom is 0.303 e. The fourth-order valence-electron chi connectivity index (χ4n) is 0.591. The van der Waals surface area contributed by atoms with Crippen molar-refractivity contribution in [2.75, 3.05) is 0 Å². The van der Waals surface area contributed by atoms with E-state index in [0.29, 0.717) is 6.42 Å². The van der Waals surface area contributed by atoms with Crippen LogP contribution < -0.4 is 0 Å². The molecule has 15 heavy (non-hydrogen) atoms. The first kappa shape index (κ1) is 13.2. The minimum absolute atomic E-state index is 0.0117. The Balaban J connectivity index is 3.99. The van der Waals surface area contributed by atoms with Gasteiger partial charge in [-0.3, -0.25) is 4.79 Å². The molecule has 0 heterocycles. The van der Waals surface area contributed by atoms with E-state index in [2.05, 4.69) is 10.2 Å². The summed E-state index contributed by atoms with van der Waals surface area (Å²) in [6.07, 6.45) is 2.50. The highest BCUT2D eigenvalue weighted by Crippen LogP contribution is 2.01. The number of hydrogen-bond donors (Lipinski definition) is 3. The summed E-state index contributed by atoms with van der Waals surface area (Å²) in [4.78, 5) is 10.1. The number of carboxylic acids is 1. The highest BCUT2D eigenvalue weighted by Gasteiger charge is 1.98. The molecule has 6 nitrogen and oxygen atoms in total. The van der Waals surface area contributed by atoms with Crippen LogP contribution in [0.25, 0.3) is 0 Å². The third-order valence-electron chi connectivity index (χ3n) is 1.44. The summed E-state index contributed by atoms with van der Waals surface area (Å²) in [5.74, 6) is -1.07. The fourth-order valence-corrected chi connectivity index (χ4v) is 0.591. The van der Waals surface area contributed by atoms with Crippen molar-refractivity contribution in [3.05, 3.63) is 23.9 Å². The van der Waals surface area contributed by atoms with Crippen molar-refractivity contribution in [2.24, 2.45) is 10.2 Å². The van der Waals surface area contributed by atoms with Crippen molar-refractivity contribution in [3.8, 4) is 0 Å². The molecule has 0 aromatic rings. The van der Waals surface area contributed by atoms with Gasteiger partial charge in [0.1, 0.15) is 11.5 Å². The molecule has 0 amide bonds. The van der Waals surface area contributed by atoms with Crippen molar-refractivity contribution in [1.82, 2.24) is 0 Å². The average molecular weight is 214 g/mol. The predicted molar refractivity (Wildman–Crippen MR) is 53.4 cm³/mol. The first-order chi connectivity index (χ1) is 7.06. The van der Waals surface area contributed by atoms with Gasteiger partial charge in [0.05, 0.1) is 18.8 Å². The second-order valence-corrected chi connectivity index (χ2v) is 2.72. The number of carbonyl (C=O) groups is 1. The number of rotatable bonds is 6. The summed E-state index contributed by atoms with van der Waals surface area (Å²) in [7, 11) is 0. The molecule has 0 radical (unpaired) electrons. The van der Waals surface area contributed by atoms with Crippen molar-refractivity contribution < 1.29 is 20.1 Å². The van der Waals surface area contributed by atoms with Crippen molar-refractivity contribution in [2.45, 2.75) is 26.2 Å². The molecule has 0 aliphatic rings. The molecule has 0 aliphatic carbocycles. The van der Waals surface area contributed by atoms with Crippen LogP contribution in [0.4, 0.5) is 0 Å². The Morgan fingerprint density at radius 2 is 1.60 bits per heavy atom. The summed E-state index contributed by atoms with van der Waals surface area (Å²) in [5.41, 5.74) is 0. The highest BCUT2D eigenvalue weighted by molar-refractivity contribution is 5.66. The van der Waals surface area contributed by atoms with Crippen molar-refractivity contribution >= 4 is 5.97 Å². The molecule has 0 unspecified atom stereocenters. The van der Waals surface area contributed by atoms with Gasteiger partial charge in [0, 0.05) is 12.8 Å². The predicted octanol–water partition coefficient (Wildman–Crippen LogP) is 2.51. The standard InChI is InChI=1S/C9H14N2O4/c1-2-7(12)5-10-11-6-8(13)3-4-9(14)15/h5-6,12-13H,2-4H2,1H3,(H,14,15). The molecule has 0 atom stereocenters. The van der Waals surface area contributed by atoms with Crippen LogP contribution in [0.1, 0.15) is 26.2 Å². The molecule has 0 fully saturated rings. The van der Waals surface area contributed by atoms with Gasteiger partial charge in [0.15, 0.2) is 0 Å². The summed E-state index contributed by atoms with van der Waals surface area (Å²) in [6.45, 7) is 1.75. The molecule has 84 valence electrons. The van der Waals surface area contributed by atoms with Gasteiger partial charge in [-0.25, -0.2) is 0 Å². The maximum atomic E-state index is 10.1. The van der Waals surface area contributed by atoms with Crippen LogP contribution in [0.3, 0.4) is 0 Å². The van der Waals surface area contributed by atoms with Crippen LogP contribution >= 0.6 is 0 Å². The van der Waals surface area contributed by atoms with E-state index in [0.717, 1.165) is 12.4 Å². The number of aliphatic carboxylic acids is 1. The smallest absolute Gasteiger partial charge is 0.303 e. The van der Waals surface area contributed by atoms with E-state index in [-0.39, 0.29) is 24.4 Å². The number of hydrogen-bond acceptors (Lipinski definition) is 5. The normalized spacial score (nSPS) is 13.4. The third-order valence-corrected chi connectivity index (χ3v) is 1.44. The van der Waals surface area contributed by atoms with Crippen LogP contribution in [-0.2, 0) is 4.79 Å². The fraction of sp³-hybridized carbons (Fsp3) is 0.444. The first-order valence-electron chi connectivity index (χ1n) is 4.44. The molecule has 6 heteroatoms. The van der Waals surface area contributed by atoms with Crippen LogP contribution in [0.2, 0.25) is 0 Å². The molecule has 0 saturated heterocycles. The van der Waals surface area contributed by atoms with Gasteiger partial charge in [0.2, 0.25) is 0 Å². The van der Waals surface area contributed by atoms with E-state index in [1.165, 1.54) is 0 Å². The van der Waals surface area contributed by atoms with Gasteiger partial charge in [-0.05, 0) is 0 Å². The van der Waals surface area contributed by atoms with E-state index in [1.807, 2.05) is 0 Å². The topological polar surface area (TPSA) is 102 Å². The number of azo groups is 1. The van der Waals surface area contributed by atoms with Gasteiger partial charge >= 0.3 is 5.97 Å². The van der Waals surface area contributed by atoms with Crippen LogP contribution in [0, 0.1) is 0 Å². The van der Waals surface area contributed by atoms with Crippen LogP contribution in [0.15, 0.2) is 34.1 Å². The Morgan fingerprint density at radius 1 is 1.07 bits per heavy atom. The average Bonchev–Trinajstić information content (AvgIpc) is 2.21. The van der Waals surface area contributed by atoms with Gasteiger partial charge in [-0.1, -0.05) is 6.92 Å². The molecule has 0 spiro atoms. The van der Waals surface area contributed by atoms with Crippen LogP contribution in [0.5, 0.6) is 0 Å².